The van der Waals surface area contributed by atoms with Crippen molar-refractivity contribution in [3.05, 3.63) is 12.0 Å². The Morgan fingerprint density at radius 2 is 1.42 bits per heavy atom. The van der Waals surface area contributed by atoms with E-state index in [0.717, 1.165) is 0 Å². The highest BCUT2D eigenvalue weighted by atomic mass is 19.4. The van der Waals surface area contributed by atoms with Gasteiger partial charge >= 0.3 is 18.7 Å². The van der Waals surface area contributed by atoms with Crippen molar-refractivity contribution < 1.29 is 31.4 Å². The SMILES string of the molecule is FC(F)=C1OCCO1.FC(F)F. The van der Waals surface area contributed by atoms with Gasteiger partial charge in [0.05, 0.1) is 0 Å². The second kappa shape index (κ2) is 5.62. The summed E-state index contributed by atoms with van der Waals surface area (Å²) in [6.45, 7) is -3.21. The lowest BCUT2D eigenvalue weighted by Crippen LogP contribution is -1.80. The molecule has 0 N–H and O–H groups in total. The summed E-state index contributed by atoms with van der Waals surface area (Å²) in [5.74, 6) is -0.620. The third-order valence-electron chi connectivity index (χ3n) is 0.704. The fourth-order valence-electron chi connectivity index (χ4n) is 0.420. The van der Waals surface area contributed by atoms with Crippen molar-refractivity contribution in [3.63, 3.8) is 0 Å². The van der Waals surface area contributed by atoms with E-state index in [4.69, 9.17) is 0 Å². The highest BCUT2D eigenvalue weighted by Gasteiger charge is 2.14. The Labute approximate surface area is 64.6 Å². The van der Waals surface area contributed by atoms with Crippen LogP contribution in [0.2, 0.25) is 0 Å². The molecule has 0 radical (unpaired) electrons. The molecule has 2 nitrogen and oxygen atoms in total. The summed E-state index contributed by atoms with van der Waals surface area (Å²) in [7, 11) is 0. The molecule has 1 heterocycles. The molecule has 0 aliphatic carbocycles. The first-order valence-corrected chi connectivity index (χ1v) is 2.77. The van der Waals surface area contributed by atoms with Crippen LogP contribution in [0, 0.1) is 0 Å². The van der Waals surface area contributed by atoms with Crippen molar-refractivity contribution in [2.24, 2.45) is 0 Å². The van der Waals surface area contributed by atoms with E-state index in [2.05, 4.69) is 9.47 Å². The van der Waals surface area contributed by atoms with Crippen LogP contribution in [0.4, 0.5) is 22.0 Å². The third kappa shape index (κ3) is 5.75. The van der Waals surface area contributed by atoms with Crippen LogP contribution < -0.4 is 0 Å². The Hall–Kier alpha value is -1.01. The van der Waals surface area contributed by atoms with Crippen molar-refractivity contribution in [2.75, 3.05) is 13.2 Å². The first kappa shape index (κ1) is 11.0. The minimum atomic E-state index is -3.67. The molecule has 1 aliphatic rings. The molecule has 0 aromatic heterocycles. The van der Waals surface area contributed by atoms with E-state index in [-0.39, 0.29) is 13.2 Å². The van der Waals surface area contributed by atoms with Gasteiger partial charge in [0.1, 0.15) is 13.2 Å². The third-order valence-corrected chi connectivity index (χ3v) is 0.704. The predicted octanol–water partition coefficient (Wildman–Crippen LogP) is 2.28. The highest BCUT2D eigenvalue weighted by Crippen LogP contribution is 2.14. The largest absolute Gasteiger partial charge is 0.458 e. The van der Waals surface area contributed by atoms with Gasteiger partial charge in [0.2, 0.25) is 0 Å². The zero-order valence-corrected chi connectivity index (χ0v) is 5.70. The van der Waals surface area contributed by atoms with Crippen LogP contribution in [0.3, 0.4) is 0 Å². The normalized spacial score (nSPS) is 14.7. The lowest BCUT2D eigenvalue weighted by Gasteiger charge is -1.90. The lowest BCUT2D eigenvalue weighted by molar-refractivity contribution is 0.00819. The smallest absolute Gasteiger partial charge is 0.379 e. The first-order chi connectivity index (χ1) is 5.54. The Bertz CT molecular complexity index is 143. The molecule has 1 saturated heterocycles. The minimum Gasteiger partial charge on any atom is -0.458 e. The van der Waals surface area contributed by atoms with E-state index in [0.29, 0.717) is 0 Å². The average molecular weight is 192 g/mol. The molecule has 0 bridgehead atoms. The van der Waals surface area contributed by atoms with Gasteiger partial charge in [0.25, 0.3) is 0 Å². The van der Waals surface area contributed by atoms with E-state index in [1.54, 1.807) is 0 Å². The highest BCUT2D eigenvalue weighted by molar-refractivity contribution is 4.85. The predicted molar refractivity (Wildman–Crippen MR) is 28.3 cm³/mol. The monoisotopic (exact) mass is 192 g/mol. The molecule has 7 heteroatoms. The zero-order chi connectivity index (χ0) is 9.56. The van der Waals surface area contributed by atoms with Gasteiger partial charge < -0.3 is 9.47 Å². The summed E-state index contributed by atoms with van der Waals surface area (Å²) in [5.41, 5.74) is 0. The second-order valence-corrected chi connectivity index (χ2v) is 1.49. The molecule has 72 valence electrons. The van der Waals surface area contributed by atoms with E-state index in [9.17, 15) is 22.0 Å². The van der Waals surface area contributed by atoms with Crippen molar-refractivity contribution in [1.82, 2.24) is 0 Å². The van der Waals surface area contributed by atoms with Gasteiger partial charge in [-0.3, -0.25) is 0 Å². The van der Waals surface area contributed by atoms with Crippen LogP contribution in [-0.2, 0) is 9.47 Å². The van der Waals surface area contributed by atoms with Gasteiger partial charge in [-0.05, 0) is 0 Å². The molecule has 0 atom stereocenters. The van der Waals surface area contributed by atoms with Gasteiger partial charge in [-0.2, -0.15) is 22.0 Å². The molecular formula is C5H5F5O2. The van der Waals surface area contributed by atoms with Crippen LogP contribution in [-0.4, -0.2) is 19.9 Å². The van der Waals surface area contributed by atoms with Crippen LogP contribution >= 0.6 is 0 Å². The maximum absolute atomic E-state index is 11.4. The van der Waals surface area contributed by atoms with Crippen LogP contribution in [0.5, 0.6) is 0 Å². The molecule has 0 saturated carbocycles. The zero-order valence-electron chi connectivity index (χ0n) is 5.70. The fraction of sp³-hybridized carbons (Fsp3) is 0.600. The maximum atomic E-state index is 11.4. The number of alkyl halides is 3. The summed E-state index contributed by atoms with van der Waals surface area (Å²) in [6, 6.07) is 0. The fourth-order valence-corrected chi connectivity index (χ4v) is 0.420. The molecule has 1 fully saturated rings. The van der Waals surface area contributed by atoms with Crippen LogP contribution in [0.15, 0.2) is 12.0 Å². The van der Waals surface area contributed by atoms with E-state index >= 15 is 0 Å². The topological polar surface area (TPSA) is 18.5 Å². The maximum Gasteiger partial charge on any atom is 0.379 e. The summed E-state index contributed by atoms with van der Waals surface area (Å²) >= 11 is 0. The molecule has 0 aromatic rings. The summed E-state index contributed by atoms with van der Waals surface area (Å²) in [5, 5.41) is 0. The number of ether oxygens (including phenoxy) is 2. The number of hydrogen-bond donors (Lipinski definition) is 0. The van der Waals surface area contributed by atoms with Crippen molar-refractivity contribution in [2.45, 2.75) is 6.68 Å². The quantitative estimate of drug-likeness (QED) is 0.548. The van der Waals surface area contributed by atoms with E-state index in [1.807, 2.05) is 0 Å². The number of hydrogen-bond acceptors (Lipinski definition) is 2. The minimum absolute atomic E-state index is 0.229. The summed E-state index contributed by atoms with van der Waals surface area (Å²) < 4.78 is 60.4. The average Bonchev–Trinajstić information content (AvgIpc) is 2.34. The van der Waals surface area contributed by atoms with Crippen molar-refractivity contribution in [1.29, 1.82) is 0 Å². The molecular weight excluding hydrogens is 187 g/mol. The summed E-state index contributed by atoms with van der Waals surface area (Å²) in [6.07, 6.45) is -1.89. The first-order valence-electron chi connectivity index (χ1n) is 2.77. The van der Waals surface area contributed by atoms with Gasteiger partial charge in [-0.25, -0.2) is 0 Å². The number of rotatable bonds is 0. The van der Waals surface area contributed by atoms with Gasteiger partial charge in [0, 0.05) is 0 Å². The van der Waals surface area contributed by atoms with Crippen molar-refractivity contribution >= 4 is 0 Å². The molecule has 0 amide bonds. The second-order valence-electron chi connectivity index (χ2n) is 1.49. The molecule has 12 heavy (non-hydrogen) atoms. The Balaban J connectivity index is 0.000000261. The molecule has 1 aliphatic heterocycles. The van der Waals surface area contributed by atoms with E-state index in [1.165, 1.54) is 0 Å². The van der Waals surface area contributed by atoms with E-state index < -0.39 is 18.7 Å². The van der Waals surface area contributed by atoms with Gasteiger partial charge in [-0.15, -0.1) is 0 Å². The number of halogens is 5. The summed E-state index contributed by atoms with van der Waals surface area (Å²) in [4.78, 5) is 0. The van der Waals surface area contributed by atoms with Gasteiger partial charge in [-0.1, -0.05) is 0 Å². The Kier molecular flexibility index (Phi) is 5.14. The molecule has 0 spiro atoms. The van der Waals surface area contributed by atoms with Gasteiger partial charge in [0.15, 0.2) is 0 Å². The van der Waals surface area contributed by atoms with Crippen LogP contribution in [0.1, 0.15) is 0 Å². The Morgan fingerprint density at radius 1 is 1.08 bits per heavy atom. The standard InChI is InChI=1S/C4H4F2O2.CHF3/c5-3(6)4-7-1-2-8-4;2-1(3)4/h1-2H2;1H. The van der Waals surface area contributed by atoms with Crippen molar-refractivity contribution in [3.8, 4) is 0 Å². The Morgan fingerprint density at radius 3 is 1.58 bits per heavy atom. The molecule has 0 unspecified atom stereocenters. The van der Waals surface area contributed by atoms with Crippen LogP contribution in [0.25, 0.3) is 0 Å². The molecule has 0 aromatic carbocycles. The molecule has 1 rings (SSSR count). The lowest BCUT2D eigenvalue weighted by atomic mass is 10.8.